The topological polar surface area (TPSA) is 20.2 Å². The average molecular weight is 164 g/mol. The zero-order valence-corrected chi connectivity index (χ0v) is 7.96. The summed E-state index contributed by atoms with van der Waals surface area (Å²) >= 11 is 0. The van der Waals surface area contributed by atoms with Crippen LogP contribution in [0.2, 0.25) is 0 Å². The van der Waals surface area contributed by atoms with Crippen LogP contribution in [-0.2, 0) is 6.42 Å². The van der Waals surface area contributed by atoms with Crippen molar-refractivity contribution in [2.75, 3.05) is 0 Å². The van der Waals surface area contributed by atoms with E-state index >= 15 is 0 Å². The predicted molar refractivity (Wildman–Crippen MR) is 51.6 cm³/mol. The van der Waals surface area contributed by atoms with E-state index in [1.165, 1.54) is 5.56 Å². The second kappa shape index (κ2) is 3.61. The second-order valence-corrected chi connectivity index (χ2v) is 3.36. The van der Waals surface area contributed by atoms with Crippen molar-refractivity contribution in [3.8, 4) is 5.75 Å². The molecule has 1 aromatic rings. The number of hydrogen-bond donors (Lipinski definition) is 1. The quantitative estimate of drug-likeness (QED) is 0.712. The van der Waals surface area contributed by atoms with Crippen LogP contribution in [0.1, 0.15) is 37.8 Å². The Hall–Kier alpha value is -0.980. The summed E-state index contributed by atoms with van der Waals surface area (Å²) in [5.41, 5.74) is 2.35. The van der Waals surface area contributed by atoms with Gasteiger partial charge in [0.1, 0.15) is 5.75 Å². The maximum atomic E-state index is 9.59. The molecule has 0 unspecified atom stereocenters. The summed E-state index contributed by atoms with van der Waals surface area (Å²) < 4.78 is 0. The number of phenols is 1. The van der Waals surface area contributed by atoms with Gasteiger partial charge in [0.25, 0.3) is 0 Å². The third-order valence-corrected chi connectivity index (χ3v) is 2.13. The summed E-state index contributed by atoms with van der Waals surface area (Å²) in [5, 5.41) is 9.59. The molecule has 0 saturated carbocycles. The summed E-state index contributed by atoms with van der Waals surface area (Å²) in [4.78, 5) is 0. The Morgan fingerprint density at radius 2 is 2.00 bits per heavy atom. The van der Waals surface area contributed by atoms with E-state index in [0.717, 1.165) is 12.0 Å². The molecule has 1 nitrogen and oxygen atoms in total. The van der Waals surface area contributed by atoms with Gasteiger partial charge in [-0.05, 0) is 29.5 Å². The van der Waals surface area contributed by atoms with Crippen LogP contribution in [0.15, 0.2) is 18.2 Å². The minimum absolute atomic E-state index is 0.404. The first-order chi connectivity index (χ1) is 5.66. The molecule has 1 rings (SSSR count). The highest BCUT2D eigenvalue weighted by Gasteiger charge is 2.09. The van der Waals surface area contributed by atoms with Gasteiger partial charge in [-0.25, -0.2) is 0 Å². The fourth-order valence-electron chi connectivity index (χ4n) is 1.57. The van der Waals surface area contributed by atoms with Crippen molar-refractivity contribution in [2.24, 2.45) is 0 Å². The van der Waals surface area contributed by atoms with Crippen molar-refractivity contribution in [1.29, 1.82) is 0 Å². The molecular formula is C11H16O. The first-order valence-corrected chi connectivity index (χ1v) is 4.47. The highest BCUT2D eigenvalue weighted by atomic mass is 16.3. The fraction of sp³-hybridized carbons (Fsp3) is 0.455. The van der Waals surface area contributed by atoms with Crippen molar-refractivity contribution >= 4 is 0 Å². The number of rotatable bonds is 2. The maximum Gasteiger partial charge on any atom is 0.119 e. The predicted octanol–water partition coefficient (Wildman–Crippen LogP) is 3.08. The summed E-state index contributed by atoms with van der Waals surface area (Å²) in [6, 6.07) is 5.74. The zero-order chi connectivity index (χ0) is 9.14. The van der Waals surface area contributed by atoms with Crippen molar-refractivity contribution in [3.05, 3.63) is 29.3 Å². The van der Waals surface area contributed by atoms with Crippen LogP contribution in [0.3, 0.4) is 0 Å². The molecule has 0 heterocycles. The Kier molecular flexibility index (Phi) is 2.74. The summed E-state index contributed by atoms with van der Waals surface area (Å²) in [5.74, 6) is 0.838. The van der Waals surface area contributed by atoms with Crippen molar-refractivity contribution in [3.63, 3.8) is 0 Å². The molecule has 0 atom stereocenters. The molecule has 0 amide bonds. The molecular weight excluding hydrogens is 148 g/mol. The Morgan fingerprint density at radius 1 is 1.33 bits per heavy atom. The molecule has 12 heavy (non-hydrogen) atoms. The van der Waals surface area contributed by atoms with Gasteiger partial charge in [-0.2, -0.15) is 0 Å². The van der Waals surface area contributed by atoms with E-state index < -0.39 is 0 Å². The minimum Gasteiger partial charge on any atom is -0.508 e. The van der Waals surface area contributed by atoms with E-state index in [2.05, 4.69) is 26.8 Å². The molecule has 66 valence electrons. The van der Waals surface area contributed by atoms with Gasteiger partial charge >= 0.3 is 0 Å². The highest BCUT2D eigenvalue weighted by molar-refractivity contribution is 5.41. The standard InChI is InChI=1S/C11H16O/c1-4-9-6-5-7-10(12)11(9)8(2)3/h5-8,12H,4H2,1-3H3. The van der Waals surface area contributed by atoms with E-state index in [9.17, 15) is 5.11 Å². The molecule has 0 bridgehead atoms. The van der Waals surface area contributed by atoms with E-state index in [4.69, 9.17) is 0 Å². The second-order valence-electron chi connectivity index (χ2n) is 3.36. The Morgan fingerprint density at radius 3 is 2.42 bits per heavy atom. The van der Waals surface area contributed by atoms with Crippen LogP contribution < -0.4 is 0 Å². The van der Waals surface area contributed by atoms with Gasteiger partial charge in [-0.15, -0.1) is 0 Å². The smallest absolute Gasteiger partial charge is 0.119 e. The lowest BCUT2D eigenvalue weighted by Crippen LogP contribution is -1.95. The molecule has 0 fully saturated rings. The van der Waals surface area contributed by atoms with E-state index in [0.29, 0.717) is 11.7 Å². The summed E-state index contributed by atoms with van der Waals surface area (Å²) in [6.45, 7) is 6.32. The van der Waals surface area contributed by atoms with Gasteiger partial charge < -0.3 is 5.11 Å². The zero-order valence-electron chi connectivity index (χ0n) is 7.96. The number of aryl methyl sites for hydroxylation is 1. The normalized spacial score (nSPS) is 10.7. The molecule has 0 spiro atoms. The molecule has 1 N–H and O–H groups in total. The molecule has 1 heteroatoms. The highest BCUT2D eigenvalue weighted by Crippen LogP contribution is 2.28. The fourth-order valence-corrected chi connectivity index (χ4v) is 1.57. The van der Waals surface area contributed by atoms with E-state index in [1.807, 2.05) is 6.07 Å². The molecule has 0 saturated heterocycles. The summed E-state index contributed by atoms with van der Waals surface area (Å²) in [6.07, 6.45) is 0.988. The van der Waals surface area contributed by atoms with Gasteiger partial charge in [0, 0.05) is 0 Å². The van der Waals surface area contributed by atoms with Gasteiger partial charge in [0.2, 0.25) is 0 Å². The molecule has 0 aliphatic carbocycles. The third-order valence-electron chi connectivity index (χ3n) is 2.13. The molecule has 1 aromatic carbocycles. The Labute approximate surface area is 74.1 Å². The molecule has 0 aliphatic heterocycles. The summed E-state index contributed by atoms with van der Waals surface area (Å²) in [7, 11) is 0. The van der Waals surface area contributed by atoms with Gasteiger partial charge in [-0.1, -0.05) is 32.9 Å². The van der Waals surface area contributed by atoms with Crippen LogP contribution >= 0.6 is 0 Å². The largest absolute Gasteiger partial charge is 0.508 e. The van der Waals surface area contributed by atoms with Crippen molar-refractivity contribution < 1.29 is 5.11 Å². The lowest BCUT2D eigenvalue weighted by atomic mass is 9.95. The number of benzene rings is 1. The number of aromatic hydroxyl groups is 1. The van der Waals surface area contributed by atoms with Crippen LogP contribution in [0, 0.1) is 0 Å². The lowest BCUT2D eigenvalue weighted by Gasteiger charge is -2.12. The van der Waals surface area contributed by atoms with Crippen molar-refractivity contribution in [1.82, 2.24) is 0 Å². The third kappa shape index (κ3) is 1.60. The average Bonchev–Trinajstić information content (AvgIpc) is 2.03. The first kappa shape index (κ1) is 9.11. The molecule has 0 aliphatic rings. The van der Waals surface area contributed by atoms with Gasteiger partial charge in [0.05, 0.1) is 0 Å². The van der Waals surface area contributed by atoms with Crippen molar-refractivity contribution in [2.45, 2.75) is 33.1 Å². The molecule has 0 aromatic heterocycles. The van der Waals surface area contributed by atoms with Crippen LogP contribution in [0.4, 0.5) is 0 Å². The lowest BCUT2D eigenvalue weighted by molar-refractivity contribution is 0.463. The monoisotopic (exact) mass is 164 g/mol. The van der Waals surface area contributed by atoms with E-state index in [-0.39, 0.29) is 0 Å². The SMILES string of the molecule is CCc1cccc(O)c1C(C)C. The van der Waals surface area contributed by atoms with Crippen LogP contribution in [-0.4, -0.2) is 5.11 Å². The van der Waals surface area contributed by atoms with Crippen LogP contribution in [0.5, 0.6) is 5.75 Å². The first-order valence-electron chi connectivity index (χ1n) is 4.47. The number of hydrogen-bond acceptors (Lipinski definition) is 1. The van der Waals surface area contributed by atoms with Crippen LogP contribution in [0.25, 0.3) is 0 Å². The number of phenolic OH excluding ortho intramolecular Hbond substituents is 1. The van der Waals surface area contributed by atoms with Gasteiger partial charge in [0.15, 0.2) is 0 Å². The molecule has 0 radical (unpaired) electrons. The van der Waals surface area contributed by atoms with E-state index in [1.54, 1.807) is 6.07 Å². The Bertz CT molecular complexity index is 264. The Balaban J connectivity index is 3.20. The van der Waals surface area contributed by atoms with Gasteiger partial charge in [-0.3, -0.25) is 0 Å². The minimum atomic E-state index is 0.404. The maximum absolute atomic E-state index is 9.59.